The molecule has 11 nitrogen and oxygen atoms in total. The largest absolute Gasteiger partial charge is 0.507 e. The summed E-state index contributed by atoms with van der Waals surface area (Å²) in [5.74, 6) is 1.71. The van der Waals surface area contributed by atoms with Crippen molar-refractivity contribution in [3.63, 3.8) is 0 Å². The van der Waals surface area contributed by atoms with Gasteiger partial charge in [-0.25, -0.2) is 14.8 Å². The molecule has 1 aliphatic carbocycles. The van der Waals surface area contributed by atoms with Gasteiger partial charge in [-0.1, -0.05) is 40.9 Å². The molecule has 1 aromatic carbocycles. The van der Waals surface area contributed by atoms with E-state index in [9.17, 15) is 14.7 Å². The molecule has 0 radical (unpaired) electrons. The van der Waals surface area contributed by atoms with E-state index in [1.54, 1.807) is 36.9 Å². The fraction of sp³-hybridized carbons (Fsp3) is 0.474. The number of benzene rings is 1. The molecule has 4 atom stereocenters. The maximum Gasteiger partial charge on any atom is 0.341 e. The summed E-state index contributed by atoms with van der Waals surface area (Å²) in [6.45, 7) is 5.38. The van der Waals surface area contributed by atoms with Crippen LogP contribution >= 0.6 is 21.6 Å². The highest BCUT2D eigenvalue weighted by molar-refractivity contribution is 8.77. The maximum atomic E-state index is 13.9. The Morgan fingerprint density at radius 3 is 2.63 bits per heavy atom. The van der Waals surface area contributed by atoms with Gasteiger partial charge in [0.05, 0.1) is 16.5 Å². The first kappa shape index (κ1) is 34.2. The average Bonchev–Trinajstić information content (AvgIpc) is 3.76. The first-order valence-electron chi connectivity index (χ1n) is 17.6. The highest BCUT2D eigenvalue weighted by Crippen LogP contribution is 2.57. The normalized spacial score (nSPS) is 27.5. The Hall–Kier alpha value is -3.94. The summed E-state index contributed by atoms with van der Waals surface area (Å²) in [7, 11) is 3.56. The molecular weight excluding hydrogens is 689 g/mol. The van der Waals surface area contributed by atoms with Crippen LogP contribution in [0.5, 0.6) is 11.5 Å². The lowest BCUT2D eigenvalue weighted by molar-refractivity contribution is -0.168. The topological polar surface area (TPSA) is 176 Å². The van der Waals surface area contributed by atoms with Crippen molar-refractivity contribution in [2.24, 2.45) is 0 Å². The Kier molecular flexibility index (Phi) is 8.46. The zero-order valence-electron chi connectivity index (χ0n) is 29.0. The van der Waals surface area contributed by atoms with Crippen molar-refractivity contribution in [2.75, 3.05) is 17.2 Å². The minimum absolute atomic E-state index is 0.0781. The Morgan fingerprint density at radius 1 is 1.02 bits per heavy atom. The number of aromatic hydroxyl groups is 1. The number of anilines is 2. The summed E-state index contributed by atoms with van der Waals surface area (Å²) in [6.07, 6.45) is 7.65. The average molecular weight is 731 g/mol. The molecule has 51 heavy (non-hydrogen) atoms. The smallest absolute Gasteiger partial charge is 0.341 e. The van der Waals surface area contributed by atoms with Gasteiger partial charge in [-0.05, 0) is 70.2 Å². The molecule has 4 aliphatic rings. The summed E-state index contributed by atoms with van der Waals surface area (Å²) in [4.78, 5) is 36.2. The first-order valence-corrected chi connectivity index (χ1v) is 19.9. The van der Waals surface area contributed by atoms with Crippen molar-refractivity contribution in [1.29, 1.82) is 0 Å². The van der Waals surface area contributed by atoms with Crippen LogP contribution in [-0.2, 0) is 31.9 Å². The van der Waals surface area contributed by atoms with Gasteiger partial charge in [0.15, 0.2) is 11.0 Å². The fourth-order valence-electron chi connectivity index (χ4n) is 8.11. The first-order chi connectivity index (χ1) is 24.4. The molecule has 6 heterocycles. The van der Waals surface area contributed by atoms with Gasteiger partial charge < -0.3 is 35.2 Å². The summed E-state index contributed by atoms with van der Waals surface area (Å²) < 4.78 is 24.6. The van der Waals surface area contributed by atoms with E-state index in [2.05, 4.69) is 11.1 Å². The second-order valence-electron chi connectivity index (χ2n) is 14.7. The minimum Gasteiger partial charge on any atom is -0.507 e. The highest BCUT2D eigenvalue weighted by atomic mass is 33.1. The summed E-state index contributed by atoms with van der Waals surface area (Å²) in [6, 6.07) is 8.93. The molecule has 3 aromatic heterocycles. The van der Waals surface area contributed by atoms with Crippen molar-refractivity contribution in [2.45, 2.75) is 107 Å². The van der Waals surface area contributed by atoms with E-state index in [-0.39, 0.29) is 39.4 Å². The van der Waals surface area contributed by atoms with E-state index in [4.69, 9.17) is 35.1 Å². The molecule has 2 bridgehead atoms. The number of rotatable bonds is 0. The number of aromatic nitrogens is 2. The van der Waals surface area contributed by atoms with Crippen LogP contribution in [-0.4, -0.2) is 50.2 Å². The number of nitrogens with zero attached hydrogens (tertiary/aromatic N) is 2. The molecule has 1 saturated heterocycles. The number of nitrogens with two attached hydrogens (primary N) is 2. The lowest BCUT2D eigenvalue weighted by Crippen LogP contribution is -2.52. The van der Waals surface area contributed by atoms with Gasteiger partial charge in [0, 0.05) is 53.6 Å². The standard InChI is InChI=1S/C38H42N4O7S2/c1-20-15-25(43)31-27(46-20)19-26-23(33(31)44)18-29-36(2,48-26)12-14-50-51-38(10-5-4-6-11-38)32-22(9-13-41-34(32)40)24-16-21(17-30(39)42-24)7-8-28-37(3,49-28)35(45)47-29/h9,13,15-17,19,28-29,44H,4-8,10-12,14,18H2,1-3H3,(H2,39,42)(H2,40,41). The Bertz CT molecular complexity index is 2120. The number of phenolic OH excluding ortho intramolecular Hbond substituents is 1. The Labute approximate surface area is 303 Å². The molecule has 8 rings (SSSR count). The van der Waals surface area contributed by atoms with Gasteiger partial charge in [0.1, 0.15) is 51.6 Å². The van der Waals surface area contributed by atoms with E-state index in [0.29, 0.717) is 53.7 Å². The van der Waals surface area contributed by atoms with Crippen molar-refractivity contribution in [3.05, 3.63) is 69.2 Å². The number of carbonyl (C=O) groups excluding carboxylic acids is 1. The Balaban J connectivity index is 1.19. The number of carbonyl (C=O) groups is 1. The second-order valence-corrected chi connectivity index (χ2v) is 17.5. The molecule has 2 fully saturated rings. The maximum absolute atomic E-state index is 13.9. The Morgan fingerprint density at radius 2 is 1.82 bits per heavy atom. The van der Waals surface area contributed by atoms with Crippen molar-refractivity contribution in [3.8, 4) is 22.8 Å². The van der Waals surface area contributed by atoms with Gasteiger partial charge in [-0.2, -0.15) is 0 Å². The number of nitrogen functional groups attached to an aromatic ring is 2. The fourth-order valence-corrected chi connectivity index (χ4v) is 11.6. The van der Waals surface area contributed by atoms with Crippen LogP contribution in [0.3, 0.4) is 0 Å². The van der Waals surface area contributed by atoms with E-state index in [1.165, 1.54) is 6.07 Å². The number of aryl methyl sites for hydroxylation is 2. The van der Waals surface area contributed by atoms with Gasteiger partial charge in [0.25, 0.3) is 0 Å². The van der Waals surface area contributed by atoms with Crippen LogP contribution in [0.15, 0.2) is 45.7 Å². The van der Waals surface area contributed by atoms with Crippen LogP contribution in [0.1, 0.15) is 81.2 Å². The van der Waals surface area contributed by atoms with Crippen LogP contribution in [0.2, 0.25) is 0 Å². The lowest BCUT2D eigenvalue weighted by Gasteiger charge is -2.42. The van der Waals surface area contributed by atoms with Crippen LogP contribution < -0.4 is 21.6 Å². The molecule has 1 spiro atoms. The molecule has 3 aliphatic heterocycles. The van der Waals surface area contributed by atoms with Crippen LogP contribution in [0.25, 0.3) is 22.2 Å². The molecule has 4 unspecified atom stereocenters. The number of phenols is 1. The van der Waals surface area contributed by atoms with E-state index in [1.807, 2.05) is 29.9 Å². The van der Waals surface area contributed by atoms with Gasteiger partial charge in [-0.3, -0.25) is 4.79 Å². The van der Waals surface area contributed by atoms with Gasteiger partial charge in [-0.15, -0.1) is 0 Å². The number of pyridine rings is 2. The van der Waals surface area contributed by atoms with Crippen molar-refractivity contribution < 1.29 is 28.5 Å². The van der Waals surface area contributed by atoms with E-state index < -0.39 is 23.3 Å². The number of hydrogen-bond donors (Lipinski definition) is 3. The third-order valence-electron chi connectivity index (χ3n) is 11.1. The number of ether oxygens (including phenoxy) is 3. The minimum atomic E-state index is -1.14. The van der Waals surface area contributed by atoms with E-state index in [0.717, 1.165) is 54.5 Å². The zero-order chi connectivity index (χ0) is 35.7. The molecule has 0 amide bonds. The summed E-state index contributed by atoms with van der Waals surface area (Å²) in [5, 5.41) is 11.5. The highest BCUT2D eigenvalue weighted by Gasteiger charge is 2.61. The molecular formula is C38H42N4O7S2. The number of epoxide rings is 1. The van der Waals surface area contributed by atoms with Crippen molar-refractivity contribution >= 4 is 50.2 Å². The molecule has 13 heteroatoms. The zero-order valence-corrected chi connectivity index (χ0v) is 30.6. The number of fused-ring (bicyclic) bond motifs is 9. The van der Waals surface area contributed by atoms with Gasteiger partial charge >= 0.3 is 5.97 Å². The van der Waals surface area contributed by atoms with Crippen molar-refractivity contribution in [1.82, 2.24) is 9.97 Å². The quantitative estimate of drug-likeness (QED) is 0.0983. The predicted octanol–water partition coefficient (Wildman–Crippen LogP) is 6.77. The SMILES string of the molecule is Cc1cc(=O)c2c(O)c3c(cc2o1)OC1(C)CCSSC2(CCCCC2)c2c(ccnc2N)-c2cc(cc(N)n2)CCC2OC2(C)C(=O)OC1C3. The third-order valence-corrected chi connectivity index (χ3v) is 14.3. The molecule has 5 N–H and O–H groups in total. The lowest BCUT2D eigenvalue weighted by atomic mass is 9.80. The molecule has 4 aromatic rings. The van der Waals surface area contributed by atoms with Crippen LogP contribution in [0.4, 0.5) is 11.6 Å². The second kappa shape index (κ2) is 12.6. The number of hydrogen-bond acceptors (Lipinski definition) is 13. The molecule has 268 valence electrons. The number of esters is 1. The van der Waals surface area contributed by atoms with Crippen LogP contribution in [0, 0.1) is 6.92 Å². The van der Waals surface area contributed by atoms with E-state index >= 15 is 0 Å². The third kappa shape index (κ3) is 6.00. The summed E-state index contributed by atoms with van der Waals surface area (Å²) in [5.41, 5.74) is 15.0. The summed E-state index contributed by atoms with van der Waals surface area (Å²) >= 11 is 0. The predicted molar refractivity (Wildman–Crippen MR) is 199 cm³/mol. The molecule has 1 saturated carbocycles. The monoisotopic (exact) mass is 730 g/mol. The van der Waals surface area contributed by atoms with Gasteiger partial charge in [0.2, 0.25) is 0 Å².